The Labute approximate surface area is 192 Å². The van der Waals surface area contributed by atoms with Gasteiger partial charge in [-0.25, -0.2) is 9.78 Å². The van der Waals surface area contributed by atoms with Gasteiger partial charge in [0.05, 0.1) is 0 Å². The summed E-state index contributed by atoms with van der Waals surface area (Å²) in [7, 11) is 0. The van der Waals surface area contributed by atoms with E-state index in [1.54, 1.807) is 0 Å². The molecule has 1 saturated heterocycles. The first kappa shape index (κ1) is 21.3. The number of carboxylic acids is 1. The molecule has 3 heterocycles. The number of aryl methyl sites for hydroxylation is 1. The Morgan fingerprint density at radius 3 is 2.67 bits per heavy atom. The topological polar surface area (TPSA) is 94.4 Å². The molecule has 5 rings (SSSR count). The summed E-state index contributed by atoms with van der Waals surface area (Å²) < 4.78 is 6.16. The minimum Gasteiger partial charge on any atom is -0.476 e. The monoisotopic (exact) mass is 444 g/mol. The van der Waals surface area contributed by atoms with Crippen LogP contribution in [-0.4, -0.2) is 46.2 Å². The molecule has 33 heavy (non-hydrogen) atoms. The Morgan fingerprint density at radius 2 is 1.97 bits per heavy atom. The molecule has 0 atom stereocenters. The number of H-pyrrole nitrogens is 1. The number of carboxylic acid groups (broad SMARTS) is 1. The second-order valence-electron chi connectivity index (χ2n) is 9.17. The van der Waals surface area contributed by atoms with Crippen molar-refractivity contribution in [2.45, 2.75) is 32.7 Å². The predicted molar refractivity (Wildman–Crippen MR) is 130 cm³/mol. The minimum absolute atomic E-state index is 0.0451. The summed E-state index contributed by atoms with van der Waals surface area (Å²) in [5.74, 6) is -0.496. The number of aromatic carboxylic acids is 1. The van der Waals surface area contributed by atoms with Crippen LogP contribution in [-0.2, 0) is 6.42 Å². The van der Waals surface area contributed by atoms with E-state index < -0.39 is 5.97 Å². The van der Waals surface area contributed by atoms with Crippen LogP contribution in [0.25, 0.3) is 33.7 Å². The predicted octanol–water partition coefficient (Wildman–Crippen LogP) is 4.94. The second kappa shape index (κ2) is 8.08. The molecule has 0 bridgehead atoms. The normalized spacial score (nSPS) is 15.8. The number of rotatable bonds is 5. The largest absolute Gasteiger partial charge is 0.476 e. The second-order valence-corrected chi connectivity index (χ2v) is 9.17. The molecule has 0 saturated carbocycles. The number of nitrogens with one attached hydrogen (secondary N) is 2. The third-order valence-corrected chi connectivity index (χ3v) is 6.31. The highest BCUT2D eigenvalue weighted by Gasteiger charge is 2.27. The van der Waals surface area contributed by atoms with Crippen molar-refractivity contribution in [2.75, 3.05) is 24.5 Å². The number of anilines is 1. The maximum Gasteiger partial charge on any atom is 0.358 e. The number of aromatic nitrogens is 2. The molecule has 1 aliphatic rings. The standard InChI is InChI=1S/C26H28N4O3/c1-4-16-7-10-20-19(11-12-27-20)21(16)24-29-22(25(31)32)23(33-24)17-5-8-18(9-6-17)30-14-13-28-26(2,3)15-30/h5-12,27-28H,4,13-15H2,1-3H3,(H,31,32). The van der Waals surface area contributed by atoms with E-state index in [9.17, 15) is 9.90 Å². The fourth-order valence-corrected chi connectivity index (χ4v) is 4.68. The maximum atomic E-state index is 12.0. The number of nitrogens with zero attached hydrogens (tertiary/aromatic N) is 2. The average molecular weight is 445 g/mol. The zero-order valence-corrected chi connectivity index (χ0v) is 19.1. The highest BCUT2D eigenvalue weighted by molar-refractivity contribution is 5.97. The van der Waals surface area contributed by atoms with Gasteiger partial charge in [-0.15, -0.1) is 0 Å². The van der Waals surface area contributed by atoms with Gasteiger partial charge in [0.2, 0.25) is 5.89 Å². The molecule has 3 N–H and O–H groups in total. The van der Waals surface area contributed by atoms with Gasteiger partial charge in [0.15, 0.2) is 11.5 Å². The Bertz CT molecular complexity index is 1320. The van der Waals surface area contributed by atoms with Crippen LogP contribution in [0.4, 0.5) is 5.69 Å². The van der Waals surface area contributed by atoms with Crippen molar-refractivity contribution < 1.29 is 14.3 Å². The molecule has 0 radical (unpaired) electrons. The zero-order valence-electron chi connectivity index (χ0n) is 19.1. The number of fused-ring (bicyclic) bond motifs is 1. The van der Waals surface area contributed by atoms with Crippen LogP contribution >= 0.6 is 0 Å². The average Bonchev–Trinajstić information content (AvgIpc) is 3.45. The number of hydrogen-bond donors (Lipinski definition) is 3. The molecular weight excluding hydrogens is 416 g/mol. The molecule has 4 aromatic rings. The van der Waals surface area contributed by atoms with Gasteiger partial charge < -0.3 is 24.7 Å². The molecule has 0 amide bonds. The summed E-state index contributed by atoms with van der Waals surface area (Å²) in [5.41, 5.74) is 4.63. The molecule has 0 spiro atoms. The number of aromatic amines is 1. The lowest BCUT2D eigenvalue weighted by Gasteiger charge is -2.40. The molecule has 2 aromatic heterocycles. The number of benzene rings is 2. The smallest absolute Gasteiger partial charge is 0.358 e. The Balaban J connectivity index is 1.55. The number of piperazine rings is 1. The van der Waals surface area contributed by atoms with Crippen molar-refractivity contribution in [3.63, 3.8) is 0 Å². The van der Waals surface area contributed by atoms with Crippen LogP contribution < -0.4 is 10.2 Å². The van der Waals surface area contributed by atoms with Gasteiger partial charge in [0.1, 0.15) is 0 Å². The quantitative estimate of drug-likeness (QED) is 0.404. The van der Waals surface area contributed by atoms with Gasteiger partial charge in [-0.1, -0.05) is 13.0 Å². The van der Waals surface area contributed by atoms with Crippen LogP contribution in [0.1, 0.15) is 36.8 Å². The number of oxazole rings is 1. The SMILES string of the molecule is CCc1ccc2[nH]ccc2c1-c1nc(C(=O)O)c(-c2ccc(N3CCNC(C)(C)C3)cc2)o1. The molecule has 1 aliphatic heterocycles. The van der Waals surface area contributed by atoms with Crippen LogP contribution in [0, 0.1) is 0 Å². The van der Waals surface area contributed by atoms with E-state index in [-0.39, 0.29) is 17.0 Å². The van der Waals surface area contributed by atoms with Crippen LogP contribution in [0.2, 0.25) is 0 Å². The van der Waals surface area contributed by atoms with Crippen LogP contribution in [0.3, 0.4) is 0 Å². The van der Waals surface area contributed by atoms with Gasteiger partial charge >= 0.3 is 5.97 Å². The molecule has 0 aliphatic carbocycles. The van der Waals surface area contributed by atoms with E-state index in [0.717, 1.165) is 53.8 Å². The third-order valence-electron chi connectivity index (χ3n) is 6.31. The highest BCUT2D eigenvalue weighted by atomic mass is 16.4. The molecule has 0 unspecified atom stereocenters. The first-order valence-electron chi connectivity index (χ1n) is 11.3. The Hall–Kier alpha value is -3.58. The van der Waals surface area contributed by atoms with E-state index in [4.69, 9.17) is 4.42 Å². The van der Waals surface area contributed by atoms with E-state index in [1.807, 2.05) is 48.7 Å². The molecule has 7 nitrogen and oxygen atoms in total. The van der Waals surface area contributed by atoms with Gasteiger partial charge in [-0.3, -0.25) is 0 Å². The molecule has 170 valence electrons. The number of carbonyl (C=O) groups is 1. The fourth-order valence-electron chi connectivity index (χ4n) is 4.68. The van der Waals surface area contributed by atoms with E-state index >= 15 is 0 Å². The highest BCUT2D eigenvalue weighted by Crippen LogP contribution is 2.36. The molecule has 1 fully saturated rings. The van der Waals surface area contributed by atoms with E-state index in [1.165, 1.54) is 0 Å². The van der Waals surface area contributed by atoms with Crippen molar-refractivity contribution in [2.24, 2.45) is 0 Å². The van der Waals surface area contributed by atoms with Crippen molar-refractivity contribution in [3.05, 3.63) is 59.9 Å². The summed E-state index contributed by atoms with van der Waals surface area (Å²) in [6, 6.07) is 13.9. The number of hydrogen-bond acceptors (Lipinski definition) is 5. The lowest BCUT2D eigenvalue weighted by atomic mass is 10.0. The minimum atomic E-state index is -1.10. The van der Waals surface area contributed by atoms with Crippen molar-refractivity contribution >= 4 is 22.6 Å². The lowest BCUT2D eigenvalue weighted by Crippen LogP contribution is -2.57. The maximum absolute atomic E-state index is 12.0. The molecule has 2 aromatic carbocycles. The van der Waals surface area contributed by atoms with Gasteiger partial charge in [0, 0.05) is 59.1 Å². The van der Waals surface area contributed by atoms with Crippen molar-refractivity contribution in [1.82, 2.24) is 15.3 Å². The lowest BCUT2D eigenvalue weighted by molar-refractivity contribution is 0.0691. The summed E-state index contributed by atoms with van der Waals surface area (Å²) in [5, 5.41) is 14.3. The van der Waals surface area contributed by atoms with Crippen molar-refractivity contribution in [3.8, 4) is 22.8 Å². The first-order valence-corrected chi connectivity index (χ1v) is 11.3. The molecule has 7 heteroatoms. The Kier molecular flexibility index (Phi) is 5.21. The van der Waals surface area contributed by atoms with Crippen LogP contribution in [0.15, 0.2) is 53.1 Å². The van der Waals surface area contributed by atoms with Crippen LogP contribution in [0.5, 0.6) is 0 Å². The zero-order chi connectivity index (χ0) is 23.2. The summed E-state index contributed by atoms with van der Waals surface area (Å²) in [4.78, 5) is 22.0. The van der Waals surface area contributed by atoms with Crippen molar-refractivity contribution in [1.29, 1.82) is 0 Å². The van der Waals surface area contributed by atoms with E-state index in [0.29, 0.717) is 11.5 Å². The summed E-state index contributed by atoms with van der Waals surface area (Å²) >= 11 is 0. The van der Waals surface area contributed by atoms with E-state index in [2.05, 4.69) is 41.0 Å². The summed E-state index contributed by atoms with van der Waals surface area (Å²) in [6.45, 7) is 9.20. The fraction of sp³-hybridized carbons (Fsp3) is 0.308. The Morgan fingerprint density at radius 1 is 1.18 bits per heavy atom. The van der Waals surface area contributed by atoms with Gasteiger partial charge in [0.25, 0.3) is 0 Å². The third kappa shape index (κ3) is 3.89. The van der Waals surface area contributed by atoms with Gasteiger partial charge in [-0.05, 0) is 62.2 Å². The molecular formula is C26H28N4O3. The van der Waals surface area contributed by atoms with Gasteiger partial charge in [-0.2, -0.15) is 0 Å². The first-order chi connectivity index (χ1) is 15.9. The summed E-state index contributed by atoms with van der Waals surface area (Å²) in [6.07, 6.45) is 2.65.